The maximum Gasteiger partial charge on any atom is 0.263 e. The van der Waals surface area contributed by atoms with Gasteiger partial charge in [-0.05, 0) is 49.7 Å². The predicted molar refractivity (Wildman–Crippen MR) is 94.3 cm³/mol. The zero-order chi connectivity index (χ0) is 18.2. The third kappa shape index (κ3) is 3.58. The van der Waals surface area contributed by atoms with Crippen LogP contribution in [0.3, 0.4) is 0 Å². The summed E-state index contributed by atoms with van der Waals surface area (Å²) in [6.45, 7) is 5.52. The summed E-state index contributed by atoms with van der Waals surface area (Å²) in [4.78, 5) is 17.5. The van der Waals surface area contributed by atoms with Crippen molar-refractivity contribution in [2.45, 2.75) is 31.8 Å². The van der Waals surface area contributed by atoms with Gasteiger partial charge in [-0.3, -0.25) is 9.52 Å². The van der Waals surface area contributed by atoms with Crippen LogP contribution in [0, 0.1) is 6.92 Å². The molecule has 0 aliphatic carbocycles. The summed E-state index contributed by atoms with van der Waals surface area (Å²) in [5.41, 5.74) is 1.34. The van der Waals surface area contributed by atoms with Gasteiger partial charge in [0.1, 0.15) is 17.7 Å². The lowest BCUT2D eigenvalue weighted by molar-refractivity contribution is -0.117. The number of carbonyl (C=O) groups excluding carboxylic acids is 1. The molecular weight excluding hydrogens is 342 g/mol. The molecule has 0 saturated carbocycles. The second-order valence-electron chi connectivity index (χ2n) is 6.01. The van der Waals surface area contributed by atoms with Crippen molar-refractivity contribution in [2.24, 2.45) is 0 Å². The predicted octanol–water partition coefficient (Wildman–Crippen LogP) is 2.32. The number of nitrogens with one attached hydrogen (secondary N) is 1. The Labute approximate surface area is 146 Å². The van der Waals surface area contributed by atoms with E-state index >= 15 is 0 Å². The van der Waals surface area contributed by atoms with Gasteiger partial charge in [-0.15, -0.1) is 0 Å². The number of aromatic nitrogens is 1. The lowest BCUT2D eigenvalue weighted by Gasteiger charge is -2.33. The van der Waals surface area contributed by atoms with E-state index in [9.17, 15) is 13.2 Å². The summed E-state index contributed by atoms with van der Waals surface area (Å²) in [6, 6.07) is 7.88. The number of nitrogens with zero attached hydrogens (tertiary/aromatic N) is 2. The van der Waals surface area contributed by atoms with Gasteiger partial charge in [0.15, 0.2) is 0 Å². The van der Waals surface area contributed by atoms with E-state index in [2.05, 4.69) is 9.71 Å². The third-order valence-corrected chi connectivity index (χ3v) is 5.19. The van der Waals surface area contributed by atoms with Crippen LogP contribution < -0.4 is 14.4 Å². The minimum atomic E-state index is -3.83. The molecule has 1 aliphatic heterocycles. The Balaban J connectivity index is 1.98. The first kappa shape index (κ1) is 17.2. The minimum Gasteiger partial charge on any atom is -0.487 e. The number of pyridine rings is 1. The van der Waals surface area contributed by atoms with Crippen molar-refractivity contribution in [1.29, 1.82) is 0 Å². The smallest absolute Gasteiger partial charge is 0.263 e. The molecule has 132 valence electrons. The zero-order valence-electron chi connectivity index (χ0n) is 14.2. The Morgan fingerprint density at radius 3 is 2.76 bits per heavy atom. The molecule has 7 nitrogen and oxygen atoms in total. The Kier molecular flexibility index (Phi) is 4.38. The normalized spacial score (nSPS) is 16.8. The summed E-state index contributed by atoms with van der Waals surface area (Å²) < 4.78 is 33.4. The molecule has 1 unspecified atom stereocenters. The number of anilines is 2. The highest BCUT2D eigenvalue weighted by atomic mass is 32.2. The Morgan fingerprint density at radius 1 is 1.32 bits per heavy atom. The lowest BCUT2D eigenvalue weighted by Crippen LogP contribution is -2.41. The molecule has 1 aliphatic rings. The van der Waals surface area contributed by atoms with Gasteiger partial charge in [-0.25, -0.2) is 13.4 Å². The van der Waals surface area contributed by atoms with E-state index in [-0.39, 0.29) is 22.7 Å². The number of sulfonamides is 1. The molecule has 8 heteroatoms. The highest BCUT2D eigenvalue weighted by Crippen LogP contribution is 2.35. The number of rotatable bonds is 3. The molecule has 0 radical (unpaired) electrons. The van der Waals surface area contributed by atoms with Gasteiger partial charge in [-0.1, -0.05) is 0 Å². The van der Waals surface area contributed by atoms with E-state index < -0.39 is 10.0 Å². The van der Waals surface area contributed by atoms with E-state index in [4.69, 9.17) is 4.74 Å². The van der Waals surface area contributed by atoms with Crippen LogP contribution in [0.1, 0.15) is 19.4 Å². The van der Waals surface area contributed by atoms with Crippen LogP contribution in [-0.4, -0.2) is 32.0 Å². The average Bonchev–Trinajstić information content (AvgIpc) is 2.53. The first-order valence-corrected chi connectivity index (χ1v) is 9.29. The third-order valence-electron chi connectivity index (χ3n) is 3.83. The van der Waals surface area contributed by atoms with Gasteiger partial charge < -0.3 is 9.64 Å². The number of benzene rings is 1. The number of amides is 1. The number of fused-ring (bicyclic) bond motifs is 1. The summed E-state index contributed by atoms with van der Waals surface area (Å²) in [7, 11) is -3.83. The van der Waals surface area contributed by atoms with E-state index in [1.54, 1.807) is 18.2 Å². The molecule has 2 aromatic rings. The fourth-order valence-electron chi connectivity index (χ4n) is 2.67. The summed E-state index contributed by atoms with van der Waals surface area (Å²) in [5, 5.41) is 0. The maximum atomic E-state index is 12.6. The van der Waals surface area contributed by atoms with Gasteiger partial charge in [0, 0.05) is 13.1 Å². The molecule has 1 N–H and O–H groups in total. The summed E-state index contributed by atoms with van der Waals surface area (Å²) >= 11 is 0. The molecular formula is C17H19N3O4S. The number of ether oxygens (including phenoxy) is 1. The standard InChI is InChI=1S/C17H19N3O4S/c1-11-6-7-18-17(8-11)19-25(22,23)14-4-5-16-15(9-14)20(13(3)21)10-12(2)24-16/h4-9,12H,10H2,1-3H3,(H,18,19). The quantitative estimate of drug-likeness (QED) is 0.906. The number of aryl methyl sites for hydroxylation is 1. The van der Waals surface area contributed by atoms with Crippen molar-refractivity contribution in [3.63, 3.8) is 0 Å². The number of hydrogen-bond donors (Lipinski definition) is 1. The number of carbonyl (C=O) groups is 1. The first-order chi connectivity index (χ1) is 11.8. The molecule has 0 bridgehead atoms. The molecule has 1 amide bonds. The molecule has 0 fully saturated rings. The van der Waals surface area contributed by atoms with Gasteiger partial charge in [0.05, 0.1) is 17.1 Å². The van der Waals surface area contributed by atoms with Gasteiger partial charge in [0.2, 0.25) is 5.91 Å². The van der Waals surface area contributed by atoms with E-state index in [1.165, 1.54) is 30.2 Å². The van der Waals surface area contributed by atoms with Crippen LogP contribution in [0.25, 0.3) is 0 Å². The maximum absolute atomic E-state index is 12.6. The van der Waals surface area contributed by atoms with Crippen LogP contribution in [0.4, 0.5) is 11.5 Å². The largest absolute Gasteiger partial charge is 0.487 e. The van der Waals surface area contributed by atoms with Crippen LogP contribution in [0.5, 0.6) is 5.75 Å². The topological polar surface area (TPSA) is 88.6 Å². The average molecular weight is 361 g/mol. The van der Waals surface area contributed by atoms with E-state index in [0.717, 1.165) is 5.56 Å². The lowest BCUT2D eigenvalue weighted by atomic mass is 10.2. The van der Waals surface area contributed by atoms with Crippen molar-refractivity contribution in [3.8, 4) is 5.75 Å². The highest BCUT2D eigenvalue weighted by Gasteiger charge is 2.28. The minimum absolute atomic E-state index is 0.0407. The Bertz CT molecular complexity index is 927. The molecule has 1 aromatic heterocycles. The van der Waals surface area contributed by atoms with Crippen LogP contribution in [-0.2, 0) is 14.8 Å². The second-order valence-corrected chi connectivity index (χ2v) is 7.69. The molecule has 3 rings (SSSR count). The SMILES string of the molecule is CC(=O)N1CC(C)Oc2ccc(S(=O)(=O)Nc3cc(C)ccn3)cc21. The molecule has 2 heterocycles. The molecule has 0 saturated heterocycles. The first-order valence-electron chi connectivity index (χ1n) is 7.80. The zero-order valence-corrected chi connectivity index (χ0v) is 15.0. The van der Waals surface area contributed by atoms with Gasteiger partial charge in [-0.2, -0.15) is 0 Å². The number of hydrogen-bond acceptors (Lipinski definition) is 5. The fraction of sp³-hybridized carbons (Fsp3) is 0.294. The summed E-state index contributed by atoms with van der Waals surface area (Å²) in [5.74, 6) is 0.562. The van der Waals surface area contributed by atoms with E-state index in [0.29, 0.717) is 18.0 Å². The van der Waals surface area contributed by atoms with Gasteiger partial charge >= 0.3 is 0 Å². The van der Waals surface area contributed by atoms with Crippen LogP contribution in [0.2, 0.25) is 0 Å². The molecule has 0 spiro atoms. The Morgan fingerprint density at radius 2 is 2.08 bits per heavy atom. The molecule has 25 heavy (non-hydrogen) atoms. The van der Waals surface area contributed by atoms with Crippen molar-refractivity contribution < 1.29 is 17.9 Å². The van der Waals surface area contributed by atoms with E-state index in [1.807, 2.05) is 13.8 Å². The summed E-state index contributed by atoms with van der Waals surface area (Å²) in [6.07, 6.45) is 1.38. The van der Waals surface area contributed by atoms with Crippen molar-refractivity contribution in [1.82, 2.24) is 4.98 Å². The van der Waals surface area contributed by atoms with Crippen LogP contribution in [0.15, 0.2) is 41.4 Å². The van der Waals surface area contributed by atoms with Crippen molar-refractivity contribution in [3.05, 3.63) is 42.1 Å². The fourth-order valence-corrected chi connectivity index (χ4v) is 3.69. The van der Waals surface area contributed by atoms with Gasteiger partial charge in [0.25, 0.3) is 10.0 Å². The van der Waals surface area contributed by atoms with Crippen LogP contribution >= 0.6 is 0 Å². The molecule has 1 aromatic carbocycles. The highest BCUT2D eigenvalue weighted by molar-refractivity contribution is 7.92. The second kappa shape index (κ2) is 6.36. The van der Waals surface area contributed by atoms with Crippen molar-refractivity contribution in [2.75, 3.05) is 16.2 Å². The van der Waals surface area contributed by atoms with Crippen molar-refractivity contribution >= 4 is 27.4 Å². The molecule has 1 atom stereocenters. The monoisotopic (exact) mass is 361 g/mol. The Hall–Kier alpha value is -2.61.